The van der Waals surface area contributed by atoms with Crippen LogP contribution in [0.5, 0.6) is 0 Å². The number of aromatic nitrogens is 1. The van der Waals surface area contributed by atoms with E-state index in [0.717, 1.165) is 35.9 Å². The smallest absolute Gasteiger partial charge is 0.308 e. The Hall–Kier alpha value is -2.68. The van der Waals surface area contributed by atoms with Crippen LogP contribution in [0.15, 0.2) is 54.6 Å². The summed E-state index contributed by atoms with van der Waals surface area (Å²) in [5.74, 6) is 0.241. The van der Waals surface area contributed by atoms with Gasteiger partial charge in [0.25, 0.3) is 0 Å². The number of para-hydroxylation sites is 1. The summed E-state index contributed by atoms with van der Waals surface area (Å²) in [6.07, 6.45) is 2.84. The van der Waals surface area contributed by atoms with Gasteiger partial charge in [-0.2, -0.15) is 0 Å². The lowest BCUT2D eigenvalue weighted by atomic mass is 9.67. The van der Waals surface area contributed by atoms with Crippen LogP contribution in [0, 0.1) is 11.8 Å². The van der Waals surface area contributed by atoms with Crippen LogP contribution in [0.2, 0.25) is 0 Å². The summed E-state index contributed by atoms with van der Waals surface area (Å²) in [5, 5.41) is 1.15. The summed E-state index contributed by atoms with van der Waals surface area (Å²) in [4.78, 5) is 17.7. The van der Waals surface area contributed by atoms with Gasteiger partial charge in [0.05, 0.1) is 23.7 Å². The lowest BCUT2D eigenvalue weighted by molar-refractivity contribution is -0.148. The van der Waals surface area contributed by atoms with Gasteiger partial charge < -0.3 is 4.74 Å². The van der Waals surface area contributed by atoms with Gasteiger partial charge in [0, 0.05) is 16.4 Å². The van der Waals surface area contributed by atoms with Crippen LogP contribution in [0.3, 0.4) is 0 Å². The molecule has 0 fully saturated rings. The molecule has 156 valence electrons. The molecule has 4 rings (SSSR count). The average Bonchev–Trinajstić information content (AvgIpc) is 3.01. The molecule has 1 aromatic heterocycles. The molecule has 2 aromatic carbocycles. The third-order valence-corrected chi connectivity index (χ3v) is 6.67. The van der Waals surface area contributed by atoms with E-state index >= 15 is 0 Å². The van der Waals surface area contributed by atoms with Crippen molar-refractivity contribution in [1.82, 2.24) is 4.98 Å². The molecule has 0 N–H and O–H groups in total. The highest BCUT2D eigenvalue weighted by Crippen LogP contribution is 2.55. The maximum atomic E-state index is 12.6. The molecule has 3 heteroatoms. The fourth-order valence-electron chi connectivity index (χ4n) is 5.09. The molecule has 1 aliphatic rings. The number of hydrogen-bond donors (Lipinski definition) is 0. The van der Waals surface area contributed by atoms with E-state index in [9.17, 15) is 4.79 Å². The summed E-state index contributed by atoms with van der Waals surface area (Å²) in [5.41, 5.74) is 5.63. The van der Waals surface area contributed by atoms with Gasteiger partial charge in [-0.05, 0) is 48.9 Å². The fraction of sp³-hybridized carbons (Fsp3) is 0.407. The van der Waals surface area contributed by atoms with Crippen molar-refractivity contribution in [2.75, 3.05) is 6.61 Å². The Morgan fingerprint density at radius 3 is 2.50 bits per heavy atom. The molecule has 0 bridgehead atoms. The van der Waals surface area contributed by atoms with E-state index in [1.807, 2.05) is 19.9 Å². The normalized spacial score (nSPS) is 19.2. The van der Waals surface area contributed by atoms with Crippen molar-refractivity contribution in [2.24, 2.45) is 11.8 Å². The van der Waals surface area contributed by atoms with Gasteiger partial charge in [0.1, 0.15) is 0 Å². The molecular weight excluding hydrogens is 370 g/mol. The van der Waals surface area contributed by atoms with Crippen molar-refractivity contribution < 1.29 is 9.53 Å². The van der Waals surface area contributed by atoms with Gasteiger partial charge in [0.2, 0.25) is 0 Å². The van der Waals surface area contributed by atoms with Crippen molar-refractivity contribution >= 4 is 16.9 Å². The molecule has 0 saturated heterocycles. The molecular formula is C27H31NO2. The van der Waals surface area contributed by atoms with Crippen molar-refractivity contribution in [1.29, 1.82) is 0 Å². The quantitative estimate of drug-likeness (QED) is 0.423. The second kappa shape index (κ2) is 8.22. The highest BCUT2D eigenvalue weighted by Gasteiger charge is 2.46. The minimum absolute atomic E-state index is 0.110. The molecule has 1 heterocycles. The third-order valence-electron chi connectivity index (χ3n) is 6.67. The Balaban J connectivity index is 1.94. The molecule has 3 atom stereocenters. The van der Waals surface area contributed by atoms with E-state index in [1.54, 1.807) is 0 Å². The first-order valence-electron chi connectivity index (χ1n) is 11.2. The van der Waals surface area contributed by atoms with Gasteiger partial charge in [-0.3, -0.25) is 4.79 Å². The van der Waals surface area contributed by atoms with Gasteiger partial charge in [-0.1, -0.05) is 69.7 Å². The molecule has 0 saturated carbocycles. The lowest BCUT2D eigenvalue weighted by Crippen LogP contribution is -2.33. The molecule has 30 heavy (non-hydrogen) atoms. The summed E-state index contributed by atoms with van der Waals surface area (Å²) >= 11 is 0. The summed E-state index contributed by atoms with van der Waals surface area (Å²) in [6.45, 7) is 8.85. The van der Waals surface area contributed by atoms with E-state index in [4.69, 9.17) is 9.72 Å². The van der Waals surface area contributed by atoms with Crippen LogP contribution in [0.25, 0.3) is 22.2 Å². The number of rotatable bonds is 7. The summed E-state index contributed by atoms with van der Waals surface area (Å²) in [7, 11) is 0. The molecule has 0 aliphatic heterocycles. The number of pyridine rings is 1. The van der Waals surface area contributed by atoms with Crippen molar-refractivity contribution in [2.45, 2.75) is 52.4 Å². The molecule has 3 nitrogen and oxygen atoms in total. The zero-order chi connectivity index (χ0) is 21.3. The minimum atomic E-state index is -0.232. The predicted molar refractivity (Wildman–Crippen MR) is 122 cm³/mol. The van der Waals surface area contributed by atoms with E-state index < -0.39 is 0 Å². The number of hydrogen-bond acceptors (Lipinski definition) is 3. The van der Waals surface area contributed by atoms with Crippen LogP contribution in [0.1, 0.15) is 58.1 Å². The van der Waals surface area contributed by atoms with E-state index in [0.29, 0.717) is 12.5 Å². The molecule has 0 spiro atoms. The highest BCUT2D eigenvalue weighted by molar-refractivity contribution is 5.88. The van der Waals surface area contributed by atoms with Gasteiger partial charge in [-0.25, -0.2) is 4.98 Å². The van der Waals surface area contributed by atoms with Crippen LogP contribution in [0.4, 0.5) is 0 Å². The lowest BCUT2D eigenvalue weighted by Gasteiger charge is -2.36. The molecule has 3 aromatic rings. The summed E-state index contributed by atoms with van der Waals surface area (Å²) in [6, 6.07) is 19.3. The average molecular weight is 402 g/mol. The first-order chi connectivity index (χ1) is 14.5. The molecule has 0 amide bonds. The largest absolute Gasteiger partial charge is 0.466 e. The van der Waals surface area contributed by atoms with E-state index in [2.05, 4.69) is 62.4 Å². The number of fused-ring (bicyclic) bond motifs is 4. The number of nitrogens with zero attached hydrogens (tertiary/aromatic N) is 1. The van der Waals surface area contributed by atoms with Crippen molar-refractivity contribution in [3.63, 3.8) is 0 Å². The monoisotopic (exact) mass is 401 g/mol. The zero-order valence-corrected chi connectivity index (χ0v) is 18.4. The molecule has 0 radical (unpaired) electrons. The highest BCUT2D eigenvalue weighted by atomic mass is 16.5. The molecule has 1 aliphatic carbocycles. The predicted octanol–water partition coefficient (Wildman–Crippen LogP) is 6.53. The second-order valence-corrected chi connectivity index (χ2v) is 8.78. The number of benzene rings is 2. The standard InChI is InChI=1S/C27H31NO2/c1-5-18(3)16-27(17-19(4)26(29)30-6-2)22-13-9-8-12-21(22)25-23(27)15-20-11-7-10-14-24(20)28-25/h7-15,18-19H,5-6,16-17H2,1-4H3/t18-,19+,27?/m1/s1. The summed E-state index contributed by atoms with van der Waals surface area (Å²) < 4.78 is 5.38. The number of esters is 1. The van der Waals surface area contributed by atoms with Gasteiger partial charge >= 0.3 is 5.97 Å². The maximum absolute atomic E-state index is 12.6. The van der Waals surface area contributed by atoms with Crippen molar-refractivity contribution in [3.8, 4) is 11.3 Å². The number of ether oxygens (including phenoxy) is 1. The second-order valence-electron chi connectivity index (χ2n) is 8.78. The van der Waals surface area contributed by atoms with E-state index in [-0.39, 0.29) is 17.3 Å². The van der Waals surface area contributed by atoms with Gasteiger partial charge in [0.15, 0.2) is 0 Å². The van der Waals surface area contributed by atoms with Crippen molar-refractivity contribution in [3.05, 3.63) is 65.7 Å². The van der Waals surface area contributed by atoms with Gasteiger partial charge in [-0.15, -0.1) is 0 Å². The van der Waals surface area contributed by atoms with Crippen LogP contribution in [-0.2, 0) is 14.9 Å². The topological polar surface area (TPSA) is 39.2 Å². The fourth-order valence-corrected chi connectivity index (χ4v) is 5.09. The first kappa shape index (κ1) is 20.6. The van der Waals surface area contributed by atoms with Crippen LogP contribution in [-0.4, -0.2) is 17.6 Å². The van der Waals surface area contributed by atoms with Crippen LogP contribution < -0.4 is 0 Å². The Labute approximate surface area is 179 Å². The Bertz CT molecular complexity index is 1070. The Kier molecular flexibility index (Phi) is 5.64. The molecule has 1 unspecified atom stereocenters. The number of carbonyl (C=O) groups is 1. The zero-order valence-electron chi connectivity index (χ0n) is 18.4. The first-order valence-corrected chi connectivity index (χ1v) is 11.2. The van der Waals surface area contributed by atoms with Crippen LogP contribution >= 0.6 is 0 Å². The Morgan fingerprint density at radius 2 is 1.73 bits per heavy atom. The SMILES string of the molecule is CCOC(=O)[C@@H](C)CC1(C[C@H](C)CC)c2ccccc2-c2nc3ccccc3cc21. The third kappa shape index (κ3) is 3.40. The van der Waals surface area contributed by atoms with E-state index in [1.165, 1.54) is 16.7 Å². The Morgan fingerprint density at radius 1 is 1.00 bits per heavy atom. The maximum Gasteiger partial charge on any atom is 0.308 e. The minimum Gasteiger partial charge on any atom is -0.466 e. The number of carbonyl (C=O) groups excluding carboxylic acids is 1.